The first kappa shape index (κ1) is 21.4. The predicted molar refractivity (Wildman–Crippen MR) is 109 cm³/mol. The van der Waals surface area contributed by atoms with Crippen LogP contribution < -0.4 is 10.1 Å². The average Bonchev–Trinajstić information content (AvgIpc) is 2.71. The van der Waals surface area contributed by atoms with Crippen molar-refractivity contribution in [3.05, 3.63) is 65.2 Å². The van der Waals surface area contributed by atoms with Crippen LogP contribution in [-0.4, -0.2) is 50.1 Å². The van der Waals surface area contributed by atoms with Gasteiger partial charge in [-0.25, -0.2) is 0 Å². The molecule has 6 heteroatoms. The number of para-hydroxylation sites is 1. The van der Waals surface area contributed by atoms with Gasteiger partial charge in [-0.2, -0.15) is 0 Å². The molecule has 0 aliphatic rings. The summed E-state index contributed by atoms with van der Waals surface area (Å²) < 4.78 is 10.6. The molecule has 1 N–H and O–H groups in total. The summed E-state index contributed by atoms with van der Waals surface area (Å²) in [4.78, 5) is 26.5. The molecule has 0 atom stereocenters. The van der Waals surface area contributed by atoms with Gasteiger partial charge in [0.1, 0.15) is 12.4 Å². The zero-order valence-electron chi connectivity index (χ0n) is 16.9. The molecule has 6 nitrogen and oxygen atoms in total. The maximum Gasteiger partial charge on any atom is 0.255 e. The molecule has 0 saturated carbocycles. The van der Waals surface area contributed by atoms with Crippen molar-refractivity contribution in [1.82, 2.24) is 10.2 Å². The smallest absolute Gasteiger partial charge is 0.255 e. The van der Waals surface area contributed by atoms with E-state index in [4.69, 9.17) is 9.47 Å². The van der Waals surface area contributed by atoms with Gasteiger partial charge in [0.05, 0.1) is 12.2 Å². The molecular formula is C22H28N2O4. The summed E-state index contributed by atoms with van der Waals surface area (Å²) in [5, 5.41) is 2.89. The summed E-state index contributed by atoms with van der Waals surface area (Å²) in [6, 6.07) is 14.5. The van der Waals surface area contributed by atoms with E-state index in [1.807, 2.05) is 32.0 Å². The van der Waals surface area contributed by atoms with E-state index in [2.05, 4.69) is 5.32 Å². The van der Waals surface area contributed by atoms with Crippen molar-refractivity contribution < 1.29 is 19.1 Å². The standard InChI is InChI=1S/C22H28N2O4/c1-16(2)24(3)22(26)18-11-9-17(10-12-18)15-23-21(25)19-7-5-6-8-20(19)28-14-13-27-4/h5-12,16H,13-15H2,1-4H3,(H,23,25). The van der Waals surface area contributed by atoms with Crippen molar-refractivity contribution in [3.63, 3.8) is 0 Å². The van der Waals surface area contributed by atoms with Crippen molar-refractivity contribution in [3.8, 4) is 5.75 Å². The molecule has 0 heterocycles. The Balaban J connectivity index is 1.97. The Bertz CT molecular complexity index is 787. The number of nitrogens with zero attached hydrogens (tertiary/aromatic N) is 1. The third-order valence-corrected chi connectivity index (χ3v) is 4.43. The first-order valence-corrected chi connectivity index (χ1v) is 9.29. The second-order valence-electron chi connectivity index (χ2n) is 6.73. The van der Waals surface area contributed by atoms with E-state index in [1.54, 1.807) is 49.4 Å². The summed E-state index contributed by atoms with van der Waals surface area (Å²) in [5.74, 6) is 0.287. The van der Waals surface area contributed by atoms with Gasteiger partial charge < -0.3 is 19.7 Å². The fraction of sp³-hybridized carbons (Fsp3) is 0.364. The minimum absolute atomic E-state index is 0.0206. The highest BCUT2D eigenvalue weighted by Crippen LogP contribution is 2.18. The Hall–Kier alpha value is -2.86. The largest absolute Gasteiger partial charge is 0.490 e. The highest BCUT2D eigenvalue weighted by atomic mass is 16.5. The minimum Gasteiger partial charge on any atom is -0.490 e. The molecular weight excluding hydrogens is 356 g/mol. The number of ether oxygens (including phenoxy) is 2. The highest BCUT2D eigenvalue weighted by molar-refractivity contribution is 5.97. The van der Waals surface area contributed by atoms with Gasteiger partial charge in [0, 0.05) is 32.3 Å². The third-order valence-electron chi connectivity index (χ3n) is 4.43. The minimum atomic E-state index is -0.215. The predicted octanol–water partition coefficient (Wildman–Crippen LogP) is 3.12. The van der Waals surface area contributed by atoms with Gasteiger partial charge in [0.25, 0.3) is 11.8 Å². The van der Waals surface area contributed by atoms with Crippen LogP contribution >= 0.6 is 0 Å². The van der Waals surface area contributed by atoms with Crippen LogP contribution in [0.2, 0.25) is 0 Å². The number of nitrogens with one attached hydrogen (secondary N) is 1. The van der Waals surface area contributed by atoms with Crippen LogP contribution in [0.1, 0.15) is 40.1 Å². The molecule has 0 saturated heterocycles. The summed E-state index contributed by atoms with van der Waals surface area (Å²) in [6.07, 6.45) is 0. The molecule has 0 fully saturated rings. The molecule has 0 aliphatic heterocycles. The first-order valence-electron chi connectivity index (χ1n) is 9.29. The lowest BCUT2D eigenvalue weighted by molar-refractivity contribution is 0.0754. The molecule has 0 bridgehead atoms. The Labute approximate surface area is 166 Å². The summed E-state index contributed by atoms with van der Waals surface area (Å²) >= 11 is 0. The van der Waals surface area contributed by atoms with Gasteiger partial charge in [-0.15, -0.1) is 0 Å². The first-order chi connectivity index (χ1) is 13.4. The normalized spacial score (nSPS) is 10.6. The Kier molecular flexibility index (Phi) is 8.02. The fourth-order valence-corrected chi connectivity index (χ4v) is 2.50. The van der Waals surface area contributed by atoms with Crippen LogP contribution in [0.5, 0.6) is 5.75 Å². The van der Waals surface area contributed by atoms with Gasteiger partial charge in [0.15, 0.2) is 0 Å². The van der Waals surface area contributed by atoms with Crippen LogP contribution in [0.15, 0.2) is 48.5 Å². The molecule has 28 heavy (non-hydrogen) atoms. The van der Waals surface area contributed by atoms with Crippen LogP contribution in [0, 0.1) is 0 Å². The van der Waals surface area contributed by atoms with Crippen LogP contribution in [0.4, 0.5) is 0 Å². The number of amides is 2. The number of carbonyl (C=O) groups is 2. The number of carbonyl (C=O) groups excluding carboxylic acids is 2. The molecule has 150 valence electrons. The number of hydrogen-bond donors (Lipinski definition) is 1. The van der Waals surface area contributed by atoms with Crippen molar-refractivity contribution in [2.75, 3.05) is 27.4 Å². The van der Waals surface area contributed by atoms with E-state index < -0.39 is 0 Å². The summed E-state index contributed by atoms with van der Waals surface area (Å²) in [5.41, 5.74) is 2.02. The topological polar surface area (TPSA) is 67.9 Å². The monoisotopic (exact) mass is 384 g/mol. The van der Waals surface area contributed by atoms with Crippen molar-refractivity contribution in [1.29, 1.82) is 0 Å². The van der Waals surface area contributed by atoms with Crippen LogP contribution in [-0.2, 0) is 11.3 Å². The van der Waals surface area contributed by atoms with Crippen LogP contribution in [0.3, 0.4) is 0 Å². The molecule has 2 rings (SSSR count). The molecule has 0 aliphatic carbocycles. The summed E-state index contributed by atoms with van der Waals surface area (Å²) in [6.45, 7) is 5.13. The zero-order valence-corrected chi connectivity index (χ0v) is 16.9. The van der Waals surface area contributed by atoms with Gasteiger partial charge >= 0.3 is 0 Å². The quantitative estimate of drug-likeness (QED) is 0.675. The fourth-order valence-electron chi connectivity index (χ4n) is 2.50. The SMILES string of the molecule is COCCOc1ccccc1C(=O)NCc1ccc(C(=O)N(C)C(C)C)cc1. The summed E-state index contributed by atoms with van der Waals surface area (Å²) in [7, 11) is 3.38. The Morgan fingerprint density at radius 2 is 1.71 bits per heavy atom. The third kappa shape index (κ3) is 5.82. The lowest BCUT2D eigenvalue weighted by Gasteiger charge is -2.21. The van der Waals surface area contributed by atoms with Gasteiger partial charge in [-0.1, -0.05) is 24.3 Å². The molecule has 0 aromatic heterocycles. The number of rotatable bonds is 9. The maximum absolute atomic E-state index is 12.5. The Morgan fingerprint density at radius 1 is 1.04 bits per heavy atom. The zero-order chi connectivity index (χ0) is 20.5. The highest BCUT2D eigenvalue weighted by Gasteiger charge is 2.15. The van der Waals surface area contributed by atoms with Gasteiger partial charge in [0.2, 0.25) is 0 Å². The van der Waals surface area contributed by atoms with Crippen molar-refractivity contribution >= 4 is 11.8 Å². The van der Waals surface area contributed by atoms with Crippen LogP contribution in [0.25, 0.3) is 0 Å². The average molecular weight is 384 g/mol. The van der Waals surface area contributed by atoms with E-state index in [9.17, 15) is 9.59 Å². The lowest BCUT2D eigenvalue weighted by Crippen LogP contribution is -2.32. The van der Waals surface area contributed by atoms with E-state index in [0.29, 0.717) is 36.6 Å². The second kappa shape index (κ2) is 10.5. The van der Waals surface area contributed by atoms with Gasteiger partial charge in [-0.05, 0) is 43.7 Å². The number of methoxy groups -OCH3 is 1. The van der Waals surface area contributed by atoms with E-state index in [-0.39, 0.29) is 17.9 Å². The van der Waals surface area contributed by atoms with E-state index in [0.717, 1.165) is 5.56 Å². The van der Waals surface area contributed by atoms with E-state index in [1.165, 1.54) is 0 Å². The second-order valence-corrected chi connectivity index (χ2v) is 6.73. The number of benzene rings is 2. The van der Waals surface area contributed by atoms with Crippen molar-refractivity contribution in [2.45, 2.75) is 26.4 Å². The van der Waals surface area contributed by atoms with E-state index >= 15 is 0 Å². The maximum atomic E-state index is 12.5. The molecule has 0 spiro atoms. The molecule has 2 aromatic carbocycles. The molecule has 2 aromatic rings. The lowest BCUT2D eigenvalue weighted by atomic mass is 10.1. The van der Waals surface area contributed by atoms with Gasteiger partial charge in [-0.3, -0.25) is 9.59 Å². The Morgan fingerprint density at radius 3 is 2.36 bits per heavy atom. The molecule has 0 radical (unpaired) electrons. The molecule has 0 unspecified atom stereocenters. The van der Waals surface area contributed by atoms with Crippen molar-refractivity contribution in [2.24, 2.45) is 0 Å². The molecule has 2 amide bonds. The number of hydrogen-bond acceptors (Lipinski definition) is 4.